The van der Waals surface area contributed by atoms with Crippen LogP contribution in [0.3, 0.4) is 0 Å². The van der Waals surface area contributed by atoms with Crippen LogP contribution in [0.15, 0.2) is 96.7 Å². The zero-order valence-corrected chi connectivity index (χ0v) is 18.2. The van der Waals surface area contributed by atoms with Gasteiger partial charge in [-0.05, 0) is 36.4 Å². The van der Waals surface area contributed by atoms with Crippen molar-refractivity contribution in [1.29, 1.82) is 0 Å². The topological polar surface area (TPSA) is 80.6 Å². The molecule has 1 aromatic heterocycles. The molecule has 0 radical (unpaired) electrons. The summed E-state index contributed by atoms with van der Waals surface area (Å²) >= 11 is 0. The van der Waals surface area contributed by atoms with Gasteiger partial charge in [0.15, 0.2) is 0 Å². The van der Waals surface area contributed by atoms with Crippen molar-refractivity contribution in [3.63, 3.8) is 0 Å². The van der Waals surface area contributed by atoms with Crippen molar-refractivity contribution in [1.82, 2.24) is 9.88 Å². The first-order valence-electron chi connectivity index (χ1n) is 10.8. The van der Waals surface area contributed by atoms with Gasteiger partial charge in [-0.1, -0.05) is 54.6 Å². The number of amides is 4. The zero-order valence-electron chi connectivity index (χ0n) is 18.2. The van der Waals surface area contributed by atoms with E-state index in [9.17, 15) is 14.4 Å². The highest BCUT2D eigenvalue weighted by Gasteiger charge is 2.36. The molecular formula is C27H21N3O4. The number of ether oxygens (including phenoxy) is 1. The zero-order chi connectivity index (χ0) is 23.5. The van der Waals surface area contributed by atoms with Gasteiger partial charge in [0, 0.05) is 22.7 Å². The first-order valence-corrected chi connectivity index (χ1v) is 10.8. The Balaban J connectivity index is 1.46. The first-order chi connectivity index (χ1) is 16.6. The molecule has 0 atom stereocenters. The van der Waals surface area contributed by atoms with Crippen LogP contribution >= 0.6 is 0 Å². The van der Waals surface area contributed by atoms with E-state index in [1.165, 1.54) is 6.08 Å². The fraction of sp³-hybridized carbons (Fsp3) is 0.0741. The number of nitrogens with zero attached hydrogens (tertiary/aromatic N) is 2. The summed E-state index contributed by atoms with van der Waals surface area (Å²) in [5.41, 5.74) is 1.94. The van der Waals surface area contributed by atoms with Crippen molar-refractivity contribution in [2.24, 2.45) is 0 Å². The molecule has 168 valence electrons. The van der Waals surface area contributed by atoms with Crippen molar-refractivity contribution in [2.45, 2.75) is 6.54 Å². The van der Waals surface area contributed by atoms with E-state index in [0.717, 1.165) is 21.6 Å². The normalized spacial score (nSPS) is 15.1. The summed E-state index contributed by atoms with van der Waals surface area (Å²) in [5, 5.41) is 3.16. The number of aromatic nitrogens is 1. The van der Waals surface area contributed by atoms with Gasteiger partial charge in [0.05, 0.1) is 12.2 Å². The number of barbiturate groups is 1. The van der Waals surface area contributed by atoms with Gasteiger partial charge >= 0.3 is 6.03 Å². The van der Waals surface area contributed by atoms with E-state index in [2.05, 4.69) is 5.32 Å². The van der Waals surface area contributed by atoms with E-state index in [4.69, 9.17) is 4.74 Å². The average Bonchev–Trinajstić information content (AvgIpc) is 3.20. The van der Waals surface area contributed by atoms with Gasteiger partial charge < -0.3 is 9.30 Å². The number of hydrogen-bond acceptors (Lipinski definition) is 4. The number of carbonyl (C=O) groups is 3. The van der Waals surface area contributed by atoms with Crippen LogP contribution in [0, 0.1) is 0 Å². The van der Waals surface area contributed by atoms with Crippen LogP contribution in [0.25, 0.3) is 17.0 Å². The molecule has 4 amide bonds. The predicted octanol–water partition coefficient (Wildman–Crippen LogP) is 4.39. The number of rotatable bonds is 6. The van der Waals surface area contributed by atoms with Gasteiger partial charge in [-0.25, -0.2) is 9.69 Å². The summed E-state index contributed by atoms with van der Waals surface area (Å²) in [6.45, 7) is 1.03. The fourth-order valence-electron chi connectivity index (χ4n) is 3.98. The van der Waals surface area contributed by atoms with Crippen molar-refractivity contribution < 1.29 is 19.1 Å². The molecule has 1 aliphatic heterocycles. The van der Waals surface area contributed by atoms with Crippen LogP contribution in [0.2, 0.25) is 0 Å². The van der Waals surface area contributed by atoms with Crippen molar-refractivity contribution in [2.75, 3.05) is 11.5 Å². The summed E-state index contributed by atoms with van der Waals surface area (Å²) in [6.07, 6.45) is 3.42. The highest BCUT2D eigenvalue weighted by atomic mass is 16.5. The molecule has 5 rings (SSSR count). The maximum Gasteiger partial charge on any atom is 0.335 e. The summed E-state index contributed by atoms with van der Waals surface area (Å²) in [4.78, 5) is 39.1. The second-order valence-corrected chi connectivity index (χ2v) is 7.75. The Labute approximate surface area is 195 Å². The molecule has 4 aromatic rings. The molecule has 7 nitrogen and oxygen atoms in total. The Bertz CT molecular complexity index is 1410. The van der Waals surface area contributed by atoms with Crippen LogP contribution in [0.4, 0.5) is 10.5 Å². The van der Waals surface area contributed by atoms with E-state index >= 15 is 0 Å². The SMILES string of the molecule is O=C1NC(=O)N(c2ccccc2)C(=O)/C1=C\c1cn(CCOc2ccccc2)c2ccccc12. The quantitative estimate of drug-likeness (QED) is 0.348. The molecule has 1 fully saturated rings. The van der Waals surface area contributed by atoms with Gasteiger partial charge in [-0.3, -0.25) is 14.9 Å². The number of urea groups is 1. The summed E-state index contributed by atoms with van der Waals surface area (Å²) in [6, 6.07) is 25.1. The Morgan fingerprint density at radius 1 is 0.824 bits per heavy atom. The minimum Gasteiger partial charge on any atom is -0.492 e. The highest BCUT2D eigenvalue weighted by Crippen LogP contribution is 2.26. The molecule has 2 heterocycles. The van der Waals surface area contributed by atoms with Crippen molar-refractivity contribution in [3.8, 4) is 5.75 Å². The van der Waals surface area contributed by atoms with Crippen molar-refractivity contribution in [3.05, 3.63) is 102 Å². The molecule has 34 heavy (non-hydrogen) atoms. The molecule has 1 N–H and O–H groups in total. The third-order valence-corrected chi connectivity index (χ3v) is 5.58. The van der Waals surface area contributed by atoms with Crippen LogP contribution in [-0.2, 0) is 16.1 Å². The fourth-order valence-corrected chi connectivity index (χ4v) is 3.98. The second-order valence-electron chi connectivity index (χ2n) is 7.75. The number of benzene rings is 3. The van der Waals surface area contributed by atoms with Crippen LogP contribution in [0.1, 0.15) is 5.56 Å². The number of para-hydroxylation sites is 3. The minimum atomic E-state index is -0.765. The molecule has 0 unspecified atom stereocenters. The largest absolute Gasteiger partial charge is 0.492 e. The van der Waals surface area contributed by atoms with Gasteiger partial charge in [0.2, 0.25) is 0 Å². The molecule has 0 bridgehead atoms. The van der Waals surface area contributed by atoms with E-state index in [-0.39, 0.29) is 5.57 Å². The molecule has 1 saturated heterocycles. The number of anilines is 1. The van der Waals surface area contributed by atoms with E-state index in [1.54, 1.807) is 30.3 Å². The maximum absolute atomic E-state index is 13.2. The number of nitrogens with one attached hydrogen (secondary N) is 1. The molecule has 7 heteroatoms. The van der Waals surface area contributed by atoms with Gasteiger partial charge in [0.1, 0.15) is 17.9 Å². The lowest BCUT2D eigenvalue weighted by atomic mass is 10.1. The van der Waals surface area contributed by atoms with Gasteiger partial charge in [-0.2, -0.15) is 0 Å². The average molecular weight is 451 g/mol. The Morgan fingerprint density at radius 3 is 2.26 bits per heavy atom. The van der Waals surface area contributed by atoms with E-state index < -0.39 is 17.8 Å². The summed E-state index contributed by atoms with van der Waals surface area (Å²) in [5.74, 6) is -0.591. The lowest BCUT2D eigenvalue weighted by Gasteiger charge is -2.26. The Kier molecular flexibility index (Phi) is 5.66. The number of fused-ring (bicyclic) bond motifs is 1. The molecular weight excluding hydrogens is 430 g/mol. The molecule has 1 aliphatic rings. The third kappa shape index (κ3) is 4.06. The van der Waals surface area contributed by atoms with Crippen LogP contribution in [-0.4, -0.2) is 29.0 Å². The number of carbonyl (C=O) groups excluding carboxylic acids is 3. The molecule has 0 saturated carbocycles. The van der Waals surface area contributed by atoms with E-state index in [0.29, 0.717) is 24.4 Å². The molecule has 0 aliphatic carbocycles. The lowest BCUT2D eigenvalue weighted by molar-refractivity contribution is -0.122. The number of hydrogen-bond donors (Lipinski definition) is 1. The van der Waals surface area contributed by atoms with Crippen molar-refractivity contribution >= 4 is 40.5 Å². The van der Waals surface area contributed by atoms with Crippen LogP contribution in [0.5, 0.6) is 5.75 Å². The lowest BCUT2D eigenvalue weighted by Crippen LogP contribution is -2.54. The third-order valence-electron chi connectivity index (χ3n) is 5.58. The smallest absolute Gasteiger partial charge is 0.335 e. The summed E-state index contributed by atoms with van der Waals surface area (Å²) < 4.78 is 7.85. The highest BCUT2D eigenvalue weighted by molar-refractivity contribution is 6.39. The maximum atomic E-state index is 13.2. The Morgan fingerprint density at radius 2 is 1.50 bits per heavy atom. The predicted molar refractivity (Wildman–Crippen MR) is 129 cm³/mol. The standard InChI is InChI=1S/C27H21N3O4/c31-25-23(26(32)30(27(33)28-25)20-9-3-1-4-10-20)17-19-18-29(24-14-8-7-13-22(19)24)15-16-34-21-11-5-2-6-12-21/h1-14,17-18H,15-16H2,(H,28,31,33)/b23-17-. The first kappa shape index (κ1) is 21.2. The van der Waals surface area contributed by atoms with Gasteiger partial charge in [-0.15, -0.1) is 0 Å². The second kappa shape index (κ2) is 9.07. The molecule has 0 spiro atoms. The monoisotopic (exact) mass is 451 g/mol. The summed E-state index contributed by atoms with van der Waals surface area (Å²) in [7, 11) is 0. The minimum absolute atomic E-state index is 0.105. The number of imide groups is 2. The molecule has 3 aromatic carbocycles. The Hall–Kier alpha value is -4.65. The van der Waals surface area contributed by atoms with Crippen LogP contribution < -0.4 is 15.0 Å². The van der Waals surface area contributed by atoms with Gasteiger partial charge in [0.25, 0.3) is 11.8 Å². The van der Waals surface area contributed by atoms with E-state index in [1.807, 2.05) is 65.4 Å².